The molecule has 1 saturated heterocycles. The van der Waals surface area contributed by atoms with Crippen LogP contribution in [0, 0.1) is 11.8 Å². The molecule has 350 valence electrons. The van der Waals surface area contributed by atoms with E-state index < -0.39 is 72.3 Å². The van der Waals surface area contributed by atoms with E-state index in [9.17, 15) is 18.3 Å². The number of hydrogen-bond donors (Lipinski definition) is 1. The summed E-state index contributed by atoms with van der Waals surface area (Å²) in [5.74, 6) is -4.28. The van der Waals surface area contributed by atoms with Crippen LogP contribution >= 0.6 is 0 Å². The normalized spacial score (nSPS) is 23.2. The number of halogens is 3. The Hall–Kier alpha value is -5.48. The minimum atomic E-state index is -5.10. The van der Waals surface area contributed by atoms with Crippen LogP contribution in [0.2, 0.25) is 18.1 Å². The number of aromatic nitrogens is 1. The lowest BCUT2D eigenvalue weighted by Crippen LogP contribution is -2.68. The molecule has 0 spiro atoms. The number of aliphatic hydroxyl groups is 1. The number of carbonyl (C=O) groups excluding carboxylic acids is 2. The zero-order valence-corrected chi connectivity index (χ0v) is 39.4. The Kier molecular flexibility index (Phi) is 12.8. The number of hydrogen-bond acceptors (Lipinski definition) is 11. The highest BCUT2D eigenvalue weighted by Gasteiger charge is 2.69. The molecule has 4 aliphatic rings. The molecule has 1 aliphatic heterocycles. The lowest BCUT2D eigenvalue weighted by atomic mass is 9.57. The molecule has 11 nitrogen and oxygen atoms in total. The molecule has 0 unspecified atom stereocenters. The molecule has 0 bridgehead atoms. The fourth-order valence-electron chi connectivity index (χ4n) is 10.1. The van der Waals surface area contributed by atoms with Crippen molar-refractivity contribution in [3.63, 3.8) is 0 Å². The van der Waals surface area contributed by atoms with Crippen LogP contribution in [0.5, 0.6) is 17.4 Å². The Balaban J connectivity index is 1.38. The van der Waals surface area contributed by atoms with Crippen molar-refractivity contribution in [1.29, 1.82) is 0 Å². The maximum Gasteiger partial charge on any atom is 0.573 e. The quantitative estimate of drug-likeness (QED) is 0.0696. The van der Waals surface area contributed by atoms with Crippen molar-refractivity contribution in [3.8, 4) is 17.4 Å². The van der Waals surface area contributed by atoms with Crippen molar-refractivity contribution in [2.45, 2.75) is 102 Å². The second-order valence-corrected chi connectivity index (χ2v) is 24.1. The maximum absolute atomic E-state index is 16.2. The lowest BCUT2D eigenvalue weighted by molar-refractivity contribution is -0.275. The average molecular weight is 926 g/mol. The fourth-order valence-corrected chi connectivity index (χ4v) is 11.6. The van der Waals surface area contributed by atoms with Gasteiger partial charge in [-0.2, -0.15) is 0 Å². The predicted octanol–water partition coefficient (Wildman–Crippen LogP) is 10.9. The topological polar surface area (TPSA) is 124 Å². The van der Waals surface area contributed by atoms with Gasteiger partial charge in [0.15, 0.2) is 19.7 Å². The first-order valence-electron chi connectivity index (χ1n) is 22.5. The number of benzene rings is 3. The van der Waals surface area contributed by atoms with Crippen molar-refractivity contribution in [3.05, 3.63) is 137 Å². The molecule has 2 heterocycles. The lowest BCUT2D eigenvalue weighted by Gasteiger charge is -2.55. The number of Topliss-reactive ketones (excluding diaryl/α,β-unsaturated/α-hetero) is 2. The number of aliphatic hydroxyl groups excluding tert-OH is 1. The first-order chi connectivity index (χ1) is 31.3. The number of ether oxygens (including phenoxy) is 3. The SMILES string of the molecule is C=CCN(CC=C)[C@@H]1c2onc(OCc3ccccc3)c2C(=O)[C@@]2(O[Si](C)(C)C(C)(C)C)C(=O)C3=C(O)c4c(OCc5ccccc5)cc([C@@H]5CCCN5C)c(OC(F)(F)F)c4C[C@H]3C[C@@H]12. The molecule has 2 fully saturated rings. The van der Waals surface area contributed by atoms with E-state index in [2.05, 4.69) is 18.3 Å². The third-order valence-electron chi connectivity index (χ3n) is 14.2. The third kappa shape index (κ3) is 8.43. The number of fused-ring (bicyclic) bond motifs is 4. The van der Waals surface area contributed by atoms with Gasteiger partial charge in [-0.05, 0) is 85.7 Å². The summed E-state index contributed by atoms with van der Waals surface area (Å²) in [4.78, 5) is 36.1. The van der Waals surface area contributed by atoms with E-state index in [0.717, 1.165) is 17.5 Å². The second kappa shape index (κ2) is 18.0. The minimum Gasteiger partial charge on any atom is -0.507 e. The van der Waals surface area contributed by atoms with E-state index >= 15 is 9.59 Å². The molecular formula is C51H58F3N3O8Si. The van der Waals surface area contributed by atoms with Crippen molar-refractivity contribution in [2.24, 2.45) is 11.8 Å². The summed E-state index contributed by atoms with van der Waals surface area (Å²) in [5.41, 5.74) is -0.619. The zero-order chi connectivity index (χ0) is 47.3. The van der Waals surface area contributed by atoms with Gasteiger partial charge in [0.25, 0.3) is 5.88 Å². The van der Waals surface area contributed by atoms with Gasteiger partial charge in [-0.25, -0.2) is 0 Å². The molecule has 15 heteroatoms. The molecule has 66 heavy (non-hydrogen) atoms. The first-order valence-corrected chi connectivity index (χ1v) is 25.4. The van der Waals surface area contributed by atoms with E-state index in [-0.39, 0.29) is 84.4 Å². The van der Waals surface area contributed by atoms with Crippen LogP contribution in [-0.2, 0) is 28.9 Å². The summed E-state index contributed by atoms with van der Waals surface area (Å²) in [6.45, 7) is 19.1. The molecule has 1 saturated carbocycles. The number of carbonyl (C=O) groups is 2. The standard InChI is InChI=1S/C51H58F3N3O8Si/c1-9-23-57(24-10-2)42-36-27-33-26-35-40(38(61-29-31-18-13-11-14-19-31)28-34(37-22-17-25-56(37)6)44(35)63-51(52,53)54)43(58)39(33)46(59)50(36,65-66(7,8)49(3,4)5)47(60)41-45(42)64-55-48(41)62-30-32-20-15-12-16-21-32/h9-16,18-21,28,33,36-37,42,58H,1-2,17,22-27,29-30H2,3-8H3/t33-,36-,37-,42-,50-/m0/s1. The number of alkyl halides is 3. The highest BCUT2D eigenvalue weighted by molar-refractivity contribution is 6.74. The smallest absolute Gasteiger partial charge is 0.507 e. The molecule has 3 aliphatic carbocycles. The molecule has 0 amide bonds. The Morgan fingerprint density at radius 3 is 2.14 bits per heavy atom. The monoisotopic (exact) mass is 925 g/mol. The summed E-state index contributed by atoms with van der Waals surface area (Å²) in [5, 5.41) is 16.6. The van der Waals surface area contributed by atoms with Crippen molar-refractivity contribution < 1.29 is 51.0 Å². The summed E-state index contributed by atoms with van der Waals surface area (Å²) >= 11 is 0. The van der Waals surface area contributed by atoms with Gasteiger partial charge in [-0.1, -0.05) is 93.6 Å². The number of rotatable bonds is 15. The van der Waals surface area contributed by atoms with Crippen LogP contribution in [0.15, 0.2) is 102 Å². The molecule has 5 atom stereocenters. The summed E-state index contributed by atoms with van der Waals surface area (Å²) in [6, 6.07) is 18.7. The van der Waals surface area contributed by atoms with Crippen LogP contribution in [-0.4, -0.2) is 78.6 Å². The highest BCUT2D eigenvalue weighted by Crippen LogP contribution is 2.60. The average Bonchev–Trinajstić information content (AvgIpc) is 3.89. The van der Waals surface area contributed by atoms with Gasteiger partial charge in [-0.3, -0.25) is 19.4 Å². The number of nitrogens with zero attached hydrogens (tertiary/aromatic N) is 3. The minimum absolute atomic E-state index is 0.0117. The van der Waals surface area contributed by atoms with Crippen LogP contribution in [0.3, 0.4) is 0 Å². The number of ketones is 2. The van der Waals surface area contributed by atoms with Gasteiger partial charge >= 0.3 is 6.36 Å². The Labute approximate surface area is 385 Å². The van der Waals surface area contributed by atoms with E-state index in [4.69, 9.17) is 23.2 Å². The Morgan fingerprint density at radius 2 is 1.58 bits per heavy atom. The largest absolute Gasteiger partial charge is 0.573 e. The first kappa shape index (κ1) is 47.0. The van der Waals surface area contributed by atoms with Crippen LogP contribution in [0.1, 0.15) is 96.1 Å². The van der Waals surface area contributed by atoms with Gasteiger partial charge in [0, 0.05) is 41.7 Å². The van der Waals surface area contributed by atoms with Gasteiger partial charge in [0.05, 0.1) is 11.6 Å². The van der Waals surface area contributed by atoms with Gasteiger partial charge < -0.3 is 28.3 Å². The fraction of sp³-hybridized carbons (Fsp3) is 0.431. The summed E-state index contributed by atoms with van der Waals surface area (Å²) in [6.07, 6.45) is -0.537. The predicted molar refractivity (Wildman–Crippen MR) is 246 cm³/mol. The number of likely N-dealkylation sites (tertiary alicyclic amines) is 1. The van der Waals surface area contributed by atoms with E-state index in [1.54, 1.807) is 12.2 Å². The molecule has 3 aromatic carbocycles. The molecule has 1 N–H and O–H groups in total. The maximum atomic E-state index is 16.2. The molecular weight excluding hydrogens is 868 g/mol. The van der Waals surface area contributed by atoms with E-state index in [1.165, 1.54) is 6.07 Å². The second-order valence-electron chi connectivity index (χ2n) is 19.3. The summed E-state index contributed by atoms with van der Waals surface area (Å²) in [7, 11) is -1.28. The highest BCUT2D eigenvalue weighted by atomic mass is 28.4. The van der Waals surface area contributed by atoms with Crippen molar-refractivity contribution in [1.82, 2.24) is 15.0 Å². The molecule has 1 aromatic heterocycles. The molecule has 8 rings (SSSR count). The Morgan fingerprint density at radius 1 is 0.955 bits per heavy atom. The van der Waals surface area contributed by atoms with Crippen LogP contribution < -0.4 is 14.2 Å². The molecule has 4 aromatic rings. The van der Waals surface area contributed by atoms with Gasteiger partial charge in [0.2, 0.25) is 11.6 Å². The Bertz CT molecular complexity index is 2530. The van der Waals surface area contributed by atoms with Crippen molar-refractivity contribution in [2.75, 3.05) is 26.7 Å². The molecule has 0 radical (unpaired) electrons. The van der Waals surface area contributed by atoms with Gasteiger partial charge in [0.1, 0.15) is 36.0 Å². The van der Waals surface area contributed by atoms with Crippen LogP contribution in [0.25, 0.3) is 5.76 Å². The summed E-state index contributed by atoms with van der Waals surface area (Å²) < 4.78 is 75.2. The zero-order valence-electron chi connectivity index (χ0n) is 38.4. The third-order valence-corrected chi connectivity index (χ3v) is 18.6. The van der Waals surface area contributed by atoms with E-state index in [1.807, 2.05) is 111 Å². The van der Waals surface area contributed by atoms with E-state index in [0.29, 0.717) is 13.0 Å². The van der Waals surface area contributed by atoms with Gasteiger partial charge in [-0.15, -0.1) is 26.3 Å². The van der Waals surface area contributed by atoms with Crippen molar-refractivity contribution >= 4 is 25.6 Å². The van der Waals surface area contributed by atoms with Crippen LogP contribution in [0.4, 0.5) is 13.2 Å².